The Morgan fingerprint density at radius 3 is 2.88 bits per heavy atom. The van der Waals surface area contributed by atoms with Crippen molar-refractivity contribution in [1.29, 1.82) is 0 Å². The number of likely N-dealkylation sites (N-methyl/N-ethyl adjacent to an activating group) is 1. The summed E-state index contributed by atoms with van der Waals surface area (Å²) in [5.74, 6) is 1.55. The molecular formula is C24H28N6O2. The minimum Gasteiger partial charge on any atom is -0.404 e. The third-order valence-corrected chi connectivity index (χ3v) is 5.72. The van der Waals surface area contributed by atoms with Crippen molar-refractivity contribution in [3.05, 3.63) is 72.0 Å². The van der Waals surface area contributed by atoms with E-state index in [-0.39, 0.29) is 11.9 Å². The van der Waals surface area contributed by atoms with Crippen LogP contribution < -0.4 is 11.1 Å². The maximum absolute atomic E-state index is 13.3. The quantitative estimate of drug-likeness (QED) is 0.673. The molecule has 0 aliphatic carbocycles. The fourth-order valence-electron chi connectivity index (χ4n) is 3.93. The molecule has 1 fully saturated rings. The third kappa shape index (κ3) is 4.36. The number of nitrogens with two attached hydrogens (primary N) is 1. The number of benzene rings is 1. The second-order valence-corrected chi connectivity index (χ2v) is 7.92. The predicted octanol–water partition coefficient (Wildman–Crippen LogP) is 2.72. The maximum Gasteiger partial charge on any atom is 0.259 e. The highest BCUT2D eigenvalue weighted by Gasteiger charge is 2.29. The third-order valence-electron chi connectivity index (χ3n) is 5.72. The number of aryl methyl sites for hydroxylation is 1. The highest BCUT2D eigenvalue weighted by Crippen LogP contribution is 2.30. The van der Waals surface area contributed by atoms with Gasteiger partial charge in [0.25, 0.3) is 5.91 Å². The summed E-state index contributed by atoms with van der Waals surface area (Å²) < 4.78 is 5.39. The predicted molar refractivity (Wildman–Crippen MR) is 125 cm³/mol. The number of ether oxygens (including phenoxy) is 1. The van der Waals surface area contributed by atoms with E-state index >= 15 is 0 Å². The summed E-state index contributed by atoms with van der Waals surface area (Å²) in [6.07, 6.45) is 8.52. The number of carbonyl (C=O) groups excluding carboxylic acids is 1. The highest BCUT2D eigenvalue weighted by atomic mass is 16.5. The van der Waals surface area contributed by atoms with Crippen LogP contribution in [0, 0.1) is 6.92 Å². The fourth-order valence-corrected chi connectivity index (χ4v) is 3.93. The molecule has 4 rings (SSSR count). The zero-order valence-electron chi connectivity index (χ0n) is 18.4. The Balaban J connectivity index is 1.65. The first-order chi connectivity index (χ1) is 15.5. The smallest absolute Gasteiger partial charge is 0.259 e. The molecule has 8 nitrogen and oxygen atoms in total. The molecule has 0 spiro atoms. The SMILES string of the molecule is C=C(/N=C1\C(=C/N)C=C(c2cc(-c3ncc[nH]3)ccc2C)C(=O)N1C)NC1CCOCC1. The lowest BCUT2D eigenvalue weighted by molar-refractivity contribution is -0.120. The summed E-state index contributed by atoms with van der Waals surface area (Å²) >= 11 is 0. The number of hydrogen-bond donors (Lipinski definition) is 3. The molecule has 0 unspecified atom stereocenters. The number of imidazole rings is 1. The van der Waals surface area contributed by atoms with Gasteiger partial charge in [0.2, 0.25) is 0 Å². The molecule has 4 N–H and O–H groups in total. The van der Waals surface area contributed by atoms with E-state index in [4.69, 9.17) is 10.5 Å². The Labute approximate surface area is 187 Å². The molecule has 1 aromatic carbocycles. The van der Waals surface area contributed by atoms with Gasteiger partial charge < -0.3 is 20.8 Å². The molecule has 0 radical (unpaired) electrons. The molecular weight excluding hydrogens is 404 g/mol. The van der Waals surface area contributed by atoms with Crippen LogP contribution in [-0.4, -0.2) is 52.9 Å². The maximum atomic E-state index is 13.3. The molecule has 166 valence electrons. The number of H-pyrrole nitrogens is 1. The number of aliphatic imine (C=N–C) groups is 1. The molecule has 2 aromatic rings. The molecule has 0 bridgehead atoms. The molecule has 2 aliphatic heterocycles. The van der Waals surface area contributed by atoms with E-state index < -0.39 is 0 Å². The topological polar surface area (TPSA) is 109 Å². The van der Waals surface area contributed by atoms with E-state index in [1.807, 2.05) is 25.1 Å². The summed E-state index contributed by atoms with van der Waals surface area (Å²) in [4.78, 5) is 26.9. The van der Waals surface area contributed by atoms with Crippen molar-refractivity contribution in [1.82, 2.24) is 20.2 Å². The zero-order chi connectivity index (χ0) is 22.7. The number of hydrogen-bond acceptors (Lipinski definition) is 6. The number of amidine groups is 1. The Morgan fingerprint density at radius 1 is 1.41 bits per heavy atom. The summed E-state index contributed by atoms with van der Waals surface area (Å²) in [6.45, 7) is 7.44. The van der Waals surface area contributed by atoms with Gasteiger partial charge in [-0.3, -0.25) is 9.69 Å². The molecule has 1 amide bonds. The summed E-state index contributed by atoms with van der Waals surface area (Å²) in [7, 11) is 1.70. The Hall–Kier alpha value is -3.65. The van der Waals surface area contributed by atoms with Crippen LogP contribution in [0.3, 0.4) is 0 Å². The van der Waals surface area contributed by atoms with Crippen molar-refractivity contribution < 1.29 is 9.53 Å². The van der Waals surface area contributed by atoms with Gasteiger partial charge in [-0.15, -0.1) is 0 Å². The van der Waals surface area contributed by atoms with Crippen LogP contribution in [0.4, 0.5) is 0 Å². The van der Waals surface area contributed by atoms with E-state index in [2.05, 4.69) is 26.9 Å². The first kappa shape index (κ1) is 21.6. The number of nitrogens with zero attached hydrogens (tertiary/aromatic N) is 3. The van der Waals surface area contributed by atoms with Crippen LogP contribution in [0.5, 0.6) is 0 Å². The highest BCUT2D eigenvalue weighted by molar-refractivity contribution is 6.31. The van der Waals surface area contributed by atoms with Crippen LogP contribution in [0.2, 0.25) is 0 Å². The largest absolute Gasteiger partial charge is 0.404 e. The van der Waals surface area contributed by atoms with E-state index in [1.165, 1.54) is 11.1 Å². The van der Waals surface area contributed by atoms with Gasteiger partial charge in [0.15, 0.2) is 0 Å². The number of aromatic nitrogens is 2. The molecule has 1 saturated heterocycles. The van der Waals surface area contributed by atoms with E-state index in [1.54, 1.807) is 25.5 Å². The van der Waals surface area contributed by atoms with Crippen molar-refractivity contribution in [2.75, 3.05) is 20.3 Å². The average molecular weight is 433 g/mol. The molecule has 2 aliphatic rings. The van der Waals surface area contributed by atoms with Gasteiger partial charge >= 0.3 is 0 Å². The Morgan fingerprint density at radius 2 is 2.19 bits per heavy atom. The normalized spacial score (nSPS) is 20.0. The first-order valence-electron chi connectivity index (χ1n) is 10.6. The van der Waals surface area contributed by atoms with Crippen molar-refractivity contribution in [3.8, 4) is 11.4 Å². The number of carbonyl (C=O) groups is 1. The Kier molecular flexibility index (Phi) is 6.23. The number of amides is 1. The van der Waals surface area contributed by atoms with Crippen molar-refractivity contribution in [2.24, 2.45) is 10.7 Å². The van der Waals surface area contributed by atoms with Gasteiger partial charge in [-0.2, -0.15) is 0 Å². The van der Waals surface area contributed by atoms with Gasteiger partial charge in [0.1, 0.15) is 17.5 Å². The van der Waals surface area contributed by atoms with Crippen molar-refractivity contribution in [2.45, 2.75) is 25.8 Å². The average Bonchev–Trinajstić information content (AvgIpc) is 3.33. The second kappa shape index (κ2) is 9.23. The van der Waals surface area contributed by atoms with E-state index in [0.29, 0.717) is 22.8 Å². The van der Waals surface area contributed by atoms with Crippen LogP contribution in [0.25, 0.3) is 17.0 Å². The summed E-state index contributed by atoms with van der Waals surface area (Å²) in [6, 6.07) is 6.19. The van der Waals surface area contributed by atoms with Crippen LogP contribution in [0.1, 0.15) is 24.0 Å². The van der Waals surface area contributed by atoms with Crippen LogP contribution in [0.15, 0.2) is 65.8 Å². The molecule has 0 saturated carbocycles. The minimum absolute atomic E-state index is 0.159. The molecule has 3 heterocycles. The molecule has 1 aromatic heterocycles. The lowest BCUT2D eigenvalue weighted by atomic mass is 9.92. The van der Waals surface area contributed by atoms with Crippen LogP contribution in [-0.2, 0) is 9.53 Å². The van der Waals surface area contributed by atoms with Gasteiger partial charge in [0.05, 0.1) is 0 Å². The van der Waals surface area contributed by atoms with Crippen LogP contribution >= 0.6 is 0 Å². The molecule has 32 heavy (non-hydrogen) atoms. The van der Waals surface area contributed by atoms with Gasteiger partial charge in [-0.1, -0.05) is 18.7 Å². The molecule has 8 heteroatoms. The fraction of sp³-hybridized carbons (Fsp3) is 0.292. The summed E-state index contributed by atoms with van der Waals surface area (Å²) in [5.41, 5.74) is 9.86. The standard InChI is InChI=1S/C24H28N6O2/c1-15-4-5-17(22-26-8-9-27-22)12-20(15)21-13-18(14-25)23(30(3)24(21)31)29-16(2)28-19-6-10-32-11-7-19/h4-5,8-9,12-14,19,28H,2,6-7,10-11,25H2,1,3H3,(H,26,27)/b18-14-,29-23+. The van der Waals surface area contributed by atoms with E-state index in [0.717, 1.165) is 48.6 Å². The minimum atomic E-state index is -0.159. The summed E-state index contributed by atoms with van der Waals surface area (Å²) in [5, 5.41) is 3.32. The Bertz CT molecular complexity index is 1110. The van der Waals surface area contributed by atoms with Crippen molar-refractivity contribution in [3.63, 3.8) is 0 Å². The monoisotopic (exact) mass is 432 g/mol. The van der Waals surface area contributed by atoms with Gasteiger partial charge in [-0.25, -0.2) is 9.98 Å². The number of aromatic amines is 1. The number of rotatable bonds is 5. The zero-order valence-corrected chi connectivity index (χ0v) is 18.4. The van der Waals surface area contributed by atoms with Gasteiger partial charge in [0, 0.05) is 61.6 Å². The lowest BCUT2D eigenvalue weighted by Crippen LogP contribution is -2.39. The second-order valence-electron chi connectivity index (χ2n) is 7.92. The first-order valence-corrected chi connectivity index (χ1v) is 10.6. The van der Waals surface area contributed by atoms with Crippen molar-refractivity contribution >= 4 is 17.3 Å². The lowest BCUT2D eigenvalue weighted by Gasteiger charge is -2.28. The molecule has 0 atom stereocenters. The van der Waals surface area contributed by atoms with E-state index in [9.17, 15) is 4.79 Å². The van der Waals surface area contributed by atoms with Gasteiger partial charge in [-0.05, 0) is 43.0 Å². The number of nitrogens with one attached hydrogen (secondary N) is 2.